The number of benzene rings is 1. The third-order valence-corrected chi connectivity index (χ3v) is 4.68. The van der Waals surface area contributed by atoms with Crippen LogP contribution in [0.3, 0.4) is 0 Å². The van der Waals surface area contributed by atoms with Gasteiger partial charge >= 0.3 is 6.18 Å². The van der Waals surface area contributed by atoms with Gasteiger partial charge in [-0.25, -0.2) is 4.98 Å². The molecule has 0 radical (unpaired) electrons. The van der Waals surface area contributed by atoms with Gasteiger partial charge in [-0.3, -0.25) is 9.59 Å². The molecule has 0 bridgehead atoms. The van der Waals surface area contributed by atoms with Crippen molar-refractivity contribution in [3.63, 3.8) is 0 Å². The molecule has 2 amide bonds. The largest absolute Gasteiger partial charge is 0.417 e. The Kier molecular flexibility index (Phi) is 6.36. The second-order valence-electron chi connectivity index (χ2n) is 6.71. The second kappa shape index (κ2) is 8.93. The molecule has 6 nitrogen and oxygen atoms in total. The number of nitrogens with one attached hydrogen (secondary N) is 1. The molecule has 1 saturated heterocycles. The van der Waals surface area contributed by atoms with Crippen molar-refractivity contribution in [3.05, 3.63) is 59.8 Å². The van der Waals surface area contributed by atoms with Crippen LogP contribution in [-0.4, -0.2) is 54.4 Å². The summed E-state index contributed by atoms with van der Waals surface area (Å²) >= 11 is 0. The van der Waals surface area contributed by atoms with Gasteiger partial charge in [0.1, 0.15) is 5.82 Å². The molecule has 154 valence electrons. The van der Waals surface area contributed by atoms with Crippen LogP contribution in [0.15, 0.2) is 48.7 Å². The van der Waals surface area contributed by atoms with Gasteiger partial charge in [0.05, 0.1) is 18.5 Å². The fraction of sp³-hybridized carbons (Fsp3) is 0.350. The second-order valence-corrected chi connectivity index (χ2v) is 6.71. The predicted octanol–water partition coefficient (Wildman–Crippen LogP) is 2.11. The number of rotatable bonds is 5. The Labute approximate surface area is 166 Å². The van der Waals surface area contributed by atoms with Crippen molar-refractivity contribution in [1.82, 2.24) is 15.2 Å². The molecule has 3 rings (SSSR count). The van der Waals surface area contributed by atoms with Gasteiger partial charge in [0, 0.05) is 32.4 Å². The first-order chi connectivity index (χ1) is 13.8. The van der Waals surface area contributed by atoms with Crippen LogP contribution in [-0.2, 0) is 22.2 Å². The van der Waals surface area contributed by atoms with Gasteiger partial charge in [-0.1, -0.05) is 30.3 Å². The number of pyridine rings is 1. The number of carbonyl (C=O) groups is 2. The summed E-state index contributed by atoms with van der Waals surface area (Å²) in [6.07, 6.45) is -3.39. The zero-order valence-electron chi connectivity index (χ0n) is 15.7. The number of aromatic nitrogens is 1. The number of halogens is 3. The van der Waals surface area contributed by atoms with Crippen LogP contribution >= 0.6 is 0 Å². The summed E-state index contributed by atoms with van der Waals surface area (Å²) in [4.78, 5) is 31.6. The van der Waals surface area contributed by atoms with E-state index in [9.17, 15) is 22.8 Å². The average Bonchev–Trinajstić information content (AvgIpc) is 2.72. The SMILES string of the molecule is O=C(Cc1ccccc1)NCC(=O)N1CCN(c2ccc(C(F)(F)F)cn2)CC1. The van der Waals surface area contributed by atoms with E-state index in [0.717, 1.165) is 17.8 Å². The summed E-state index contributed by atoms with van der Waals surface area (Å²) in [6, 6.07) is 11.6. The fourth-order valence-corrected chi connectivity index (χ4v) is 3.06. The first-order valence-corrected chi connectivity index (χ1v) is 9.19. The minimum Gasteiger partial charge on any atom is -0.353 e. The Morgan fingerprint density at radius 1 is 1.00 bits per heavy atom. The molecule has 1 aromatic carbocycles. The molecule has 29 heavy (non-hydrogen) atoms. The highest BCUT2D eigenvalue weighted by molar-refractivity contribution is 5.85. The maximum Gasteiger partial charge on any atom is 0.417 e. The van der Waals surface area contributed by atoms with Crippen molar-refractivity contribution in [2.24, 2.45) is 0 Å². The Bertz CT molecular complexity index is 833. The Morgan fingerprint density at radius 2 is 1.69 bits per heavy atom. The molecule has 1 N–H and O–H groups in total. The molecule has 0 atom stereocenters. The maximum absolute atomic E-state index is 12.6. The van der Waals surface area contributed by atoms with E-state index in [0.29, 0.717) is 32.0 Å². The Hall–Kier alpha value is -3.10. The lowest BCUT2D eigenvalue weighted by Crippen LogP contribution is -2.51. The quantitative estimate of drug-likeness (QED) is 0.826. The van der Waals surface area contributed by atoms with Gasteiger partial charge in [-0.05, 0) is 17.7 Å². The summed E-state index contributed by atoms with van der Waals surface area (Å²) in [5, 5.41) is 2.63. The van der Waals surface area contributed by atoms with Crippen molar-refractivity contribution >= 4 is 17.6 Å². The van der Waals surface area contributed by atoms with Gasteiger partial charge in [-0.2, -0.15) is 13.2 Å². The van der Waals surface area contributed by atoms with E-state index < -0.39 is 11.7 Å². The predicted molar refractivity (Wildman–Crippen MR) is 101 cm³/mol. The maximum atomic E-state index is 12.6. The van der Waals surface area contributed by atoms with Crippen LogP contribution in [0, 0.1) is 0 Å². The van der Waals surface area contributed by atoms with Crippen molar-refractivity contribution < 1.29 is 22.8 Å². The van der Waals surface area contributed by atoms with Gasteiger partial charge < -0.3 is 15.1 Å². The molecular formula is C20H21F3N4O2. The number of hydrogen-bond donors (Lipinski definition) is 1. The topological polar surface area (TPSA) is 65.5 Å². The number of piperazine rings is 1. The van der Waals surface area contributed by atoms with Crippen LogP contribution in [0.4, 0.5) is 19.0 Å². The molecule has 2 heterocycles. The molecule has 2 aromatic rings. The average molecular weight is 406 g/mol. The number of carbonyl (C=O) groups excluding carboxylic acids is 2. The summed E-state index contributed by atoms with van der Waals surface area (Å²) in [5.74, 6) is 0.0323. The zero-order valence-corrected chi connectivity index (χ0v) is 15.7. The van der Waals surface area contributed by atoms with Gasteiger partial charge in [0.2, 0.25) is 11.8 Å². The molecule has 0 spiro atoms. The van der Waals surface area contributed by atoms with E-state index in [1.807, 2.05) is 35.2 Å². The lowest BCUT2D eigenvalue weighted by molar-refractivity contribution is -0.137. The third kappa shape index (κ3) is 5.69. The smallest absolute Gasteiger partial charge is 0.353 e. The van der Waals surface area contributed by atoms with Crippen molar-refractivity contribution in [1.29, 1.82) is 0 Å². The van der Waals surface area contributed by atoms with Crippen molar-refractivity contribution in [2.75, 3.05) is 37.6 Å². The molecule has 0 aliphatic carbocycles. The van der Waals surface area contributed by atoms with E-state index in [4.69, 9.17) is 0 Å². The highest BCUT2D eigenvalue weighted by Crippen LogP contribution is 2.29. The van der Waals surface area contributed by atoms with E-state index in [1.54, 1.807) is 4.90 Å². The summed E-state index contributed by atoms with van der Waals surface area (Å²) in [5.41, 5.74) is 0.0800. The Morgan fingerprint density at radius 3 is 2.28 bits per heavy atom. The minimum absolute atomic E-state index is 0.0792. The van der Waals surface area contributed by atoms with E-state index in [2.05, 4.69) is 10.3 Å². The lowest BCUT2D eigenvalue weighted by atomic mass is 10.1. The number of alkyl halides is 3. The standard InChI is InChI=1S/C20H21F3N4O2/c21-20(22,23)16-6-7-17(24-13-16)26-8-10-27(11-9-26)19(29)14-25-18(28)12-15-4-2-1-3-5-15/h1-7,13H,8-12,14H2,(H,25,28). The van der Waals surface area contributed by atoms with Crippen molar-refractivity contribution in [3.8, 4) is 0 Å². The van der Waals surface area contributed by atoms with E-state index >= 15 is 0 Å². The Balaban J connectivity index is 1.44. The molecule has 0 unspecified atom stereocenters. The lowest BCUT2D eigenvalue weighted by Gasteiger charge is -2.35. The number of hydrogen-bond acceptors (Lipinski definition) is 4. The van der Waals surface area contributed by atoms with Crippen LogP contribution < -0.4 is 10.2 Å². The van der Waals surface area contributed by atoms with Gasteiger partial charge in [0.15, 0.2) is 0 Å². The minimum atomic E-state index is -4.42. The molecule has 1 aliphatic heterocycles. The van der Waals surface area contributed by atoms with Gasteiger partial charge in [0.25, 0.3) is 0 Å². The van der Waals surface area contributed by atoms with Crippen LogP contribution in [0.5, 0.6) is 0 Å². The number of amides is 2. The first-order valence-electron chi connectivity index (χ1n) is 9.19. The normalized spacial score (nSPS) is 14.6. The summed E-state index contributed by atoms with van der Waals surface area (Å²) in [6.45, 7) is 1.67. The zero-order chi connectivity index (χ0) is 20.9. The summed E-state index contributed by atoms with van der Waals surface area (Å²) < 4.78 is 37.9. The van der Waals surface area contributed by atoms with E-state index in [-0.39, 0.29) is 24.8 Å². The molecule has 1 aliphatic rings. The number of nitrogens with zero attached hydrogens (tertiary/aromatic N) is 3. The van der Waals surface area contributed by atoms with Crippen LogP contribution in [0.25, 0.3) is 0 Å². The first kappa shape index (κ1) is 20.6. The third-order valence-electron chi connectivity index (χ3n) is 4.68. The van der Waals surface area contributed by atoms with Gasteiger partial charge in [-0.15, -0.1) is 0 Å². The fourth-order valence-electron chi connectivity index (χ4n) is 3.06. The highest BCUT2D eigenvalue weighted by atomic mass is 19.4. The molecule has 1 fully saturated rings. The van der Waals surface area contributed by atoms with Crippen molar-refractivity contribution in [2.45, 2.75) is 12.6 Å². The summed E-state index contributed by atoms with van der Waals surface area (Å²) in [7, 11) is 0. The molecule has 0 saturated carbocycles. The number of anilines is 1. The van der Waals surface area contributed by atoms with Crippen LogP contribution in [0.2, 0.25) is 0 Å². The highest BCUT2D eigenvalue weighted by Gasteiger charge is 2.31. The molecular weight excluding hydrogens is 385 g/mol. The molecule has 9 heteroatoms. The van der Waals surface area contributed by atoms with E-state index in [1.165, 1.54) is 6.07 Å². The monoisotopic (exact) mass is 406 g/mol. The van der Waals surface area contributed by atoms with Crippen LogP contribution in [0.1, 0.15) is 11.1 Å². The molecule has 1 aromatic heterocycles.